The number of aromatic nitrogens is 1. The zero-order valence-corrected chi connectivity index (χ0v) is 16.6. The van der Waals surface area contributed by atoms with E-state index in [0.29, 0.717) is 18.8 Å². The highest BCUT2D eigenvalue weighted by molar-refractivity contribution is 7.98. The van der Waals surface area contributed by atoms with E-state index in [2.05, 4.69) is 5.32 Å². The summed E-state index contributed by atoms with van der Waals surface area (Å²) >= 11 is 1.56. The minimum atomic E-state index is -3.83. The lowest BCUT2D eigenvalue weighted by atomic mass is 10.3. The topological polar surface area (TPSA) is 88.5 Å². The molecule has 3 rings (SSSR count). The van der Waals surface area contributed by atoms with Crippen LogP contribution in [0.15, 0.2) is 57.2 Å². The number of pyridine rings is 1. The fourth-order valence-electron chi connectivity index (χ4n) is 2.96. The van der Waals surface area contributed by atoms with Gasteiger partial charge in [0, 0.05) is 29.9 Å². The number of hydrogen-bond donors (Lipinski definition) is 1. The van der Waals surface area contributed by atoms with E-state index in [9.17, 15) is 18.0 Å². The molecule has 1 aromatic heterocycles. The quantitative estimate of drug-likeness (QED) is 0.740. The van der Waals surface area contributed by atoms with Gasteiger partial charge in [0.1, 0.15) is 11.4 Å². The number of nitrogens with one attached hydrogen (secondary N) is 1. The van der Waals surface area contributed by atoms with Crippen LogP contribution in [-0.2, 0) is 21.4 Å². The minimum absolute atomic E-state index is 0.258. The maximum atomic E-state index is 12.7. The molecule has 1 N–H and O–H groups in total. The van der Waals surface area contributed by atoms with Crippen LogP contribution < -0.4 is 10.9 Å². The van der Waals surface area contributed by atoms with Crippen LogP contribution in [-0.4, -0.2) is 42.5 Å². The number of hydrogen-bond acceptors (Lipinski definition) is 5. The van der Waals surface area contributed by atoms with E-state index in [1.165, 1.54) is 22.6 Å². The second-order valence-electron chi connectivity index (χ2n) is 6.20. The molecule has 2 aromatic rings. The molecule has 1 aromatic carbocycles. The second-order valence-corrected chi connectivity index (χ2v) is 8.98. The van der Waals surface area contributed by atoms with Crippen molar-refractivity contribution in [1.82, 2.24) is 8.87 Å². The first kappa shape index (κ1) is 19.7. The normalized spacial score (nSPS) is 15.0. The zero-order valence-electron chi connectivity index (χ0n) is 14.9. The molecule has 9 heteroatoms. The first-order chi connectivity index (χ1) is 12.9. The molecule has 0 spiro atoms. The van der Waals surface area contributed by atoms with Crippen molar-refractivity contribution in [1.29, 1.82) is 0 Å². The maximum Gasteiger partial charge on any atom is 0.271 e. The smallest absolute Gasteiger partial charge is 0.271 e. The Balaban J connectivity index is 1.79. The number of amides is 1. The van der Waals surface area contributed by atoms with E-state index in [1.807, 2.05) is 24.5 Å². The van der Waals surface area contributed by atoms with Gasteiger partial charge < -0.3 is 9.88 Å². The summed E-state index contributed by atoms with van der Waals surface area (Å²) in [7, 11) is -3.83. The molecule has 1 amide bonds. The second kappa shape index (κ2) is 8.28. The highest BCUT2D eigenvalue weighted by Gasteiger charge is 2.29. The summed E-state index contributed by atoms with van der Waals surface area (Å²) in [6, 6.07) is 10.1. The van der Waals surface area contributed by atoms with E-state index >= 15 is 0 Å². The fraction of sp³-hybridized carbons (Fsp3) is 0.333. The van der Waals surface area contributed by atoms with Crippen LogP contribution in [0.2, 0.25) is 0 Å². The van der Waals surface area contributed by atoms with Crippen molar-refractivity contribution in [3.05, 3.63) is 52.9 Å². The monoisotopic (exact) mass is 407 g/mol. The third-order valence-electron chi connectivity index (χ3n) is 4.34. The van der Waals surface area contributed by atoms with Crippen molar-refractivity contribution in [2.45, 2.75) is 29.2 Å². The molecule has 0 aliphatic carbocycles. The first-order valence-electron chi connectivity index (χ1n) is 8.55. The summed E-state index contributed by atoms with van der Waals surface area (Å²) in [5, 5.41) is 2.73. The molecular weight excluding hydrogens is 386 g/mol. The molecule has 0 unspecified atom stereocenters. The predicted molar refractivity (Wildman–Crippen MR) is 106 cm³/mol. The van der Waals surface area contributed by atoms with E-state index in [1.54, 1.807) is 17.8 Å². The summed E-state index contributed by atoms with van der Waals surface area (Å²) < 4.78 is 27.8. The minimum Gasteiger partial charge on any atom is -0.324 e. The average molecular weight is 408 g/mol. The van der Waals surface area contributed by atoms with Crippen molar-refractivity contribution >= 4 is 33.4 Å². The van der Waals surface area contributed by atoms with E-state index < -0.39 is 21.5 Å². The number of sulfonamides is 1. The molecular formula is C18H21N3O4S2. The van der Waals surface area contributed by atoms with Gasteiger partial charge in [-0.05, 0) is 49.4 Å². The number of anilines is 1. The molecule has 1 aliphatic heterocycles. The average Bonchev–Trinajstić information content (AvgIpc) is 3.19. The Bertz CT molecular complexity index is 996. The lowest BCUT2D eigenvalue weighted by Crippen LogP contribution is -2.36. The Morgan fingerprint density at radius 3 is 2.63 bits per heavy atom. The number of thioether (sulfide) groups is 1. The van der Waals surface area contributed by atoms with Crippen molar-refractivity contribution in [3.63, 3.8) is 0 Å². The molecule has 0 bridgehead atoms. The SMILES string of the molecule is CSc1cccc(NC(=O)Cn2cccc(S(=O)(=O)N3CCCC3)c2=O)c1. The van der Waals surface area contributed by atoms with Crippen molar-refractivity contribution in [2.24, 2.45) is 0 Å². The molecule has 0 radical (unpaired) electrons. The summed E-state index contributed by atoms with van der Waals surface area (Å²) in [6.45, 7) is 0.581. The number of carbonyl (C=O) groups excluding carboxylic acids is 1. The standard InChI is InChI=1S/C18H21N3O4S2/c1-26-15-7-4-6-14(12-15)19-17(22)13-20-9-5-8-16(18(20)23)27(24,25)21-10-2-3-11-21/h4-9,12H,2-3,10-11,13H2,1H3,(H,19,22). The molecule has 2 heterocycles. The number of nitrogens with zero attached hydrogens (tertiary/aromatic N) is 2. The Hall–Kier alpha value is -2.10. The molecule has 7 nitrogen and oxygen atoms in total. The highest BCUT2D eigenvalue weighted by atomic mass is 32.2. The summed E-state index contributed by atoms with van der Waals surface area (Å²) in [6.07, 6.45) is 4.94. The summed E-state index contributed by atoms with van der Waals surface area (Å²) in [4.78, 5) is 25.7. The van der Waals surface area contributed by atoms with Crippen molar-refractivity contribution in [3.8, 4) is 0 Å². The molecule has 144 valence electrons. The third kappa shape index (κ3) is 4.42. The number of rotatable bonds is 6. The van der Waals surface area contributed by atoms with Gasteiger partial charge in [0.25, 0.3) is 5.56 Å². The van der Waals surface area contributed by atoms with Crippen LogP contribution in [0, 0.1) is 0 Å². The molecule has 27 heavy (non-hydrogen) atoms. The third-order valence-corrected chi connectivity index (χ3v) is 6.97. The van der Waals surface area contributed by atoms with Crippen LogP contribution in [0.1, 0.15) is 12.8 Å². The molecule has 1 aliphatic rings. The Labute approximate surface area is 162 Å². The van der Waals surface area contributed by atoms with Gasteiger partial charge in [-0.15, -0.1) is 11.8 Å². The van der Waals surface area contributed by atoms with Gasteiger partial charge in [0.05, 0.1) is 0 Å². The van der Waals surface area contributed by atoms with Crippen molar-refractivity contribution in [2.75, 3.05) is 24.7 Å². The van der Waals surface area contributed by atoms with Gasteiger partial charge in [0.15, 0.2) is 0 Å². The Kier molecular flexibility index (Phi) is 6.03. The predicted octanol–water partition coefficient (Wildman–Crippen LogP) is 1.99. The van der Waals surface area contributed by atoms with Crippen LogP contribution in [0.5, 0.6) is 0 Å². The van der Waals surface area contributed by atoms with Gasteiger partial charge in [-0.3, -0.25) is 9.59 Å². The highest BCUT2D eigenvalue weighted by Crippen LogP contribution is 2.19. The lowest BCUT2D eigenvalue weighted by molar-refractivity contribution is -0.116. The van der Waals surface area contributed by atoms with Crippen molar-refractivity contribution < 1.29 is 13.2 Å². The summed E-state index contributed by atoms with van der Waals surface area (Å²) in [5.41, 5.74) is -0.0573. The fourth-order valence-corrected chi connectivity index (χ4v) is 5.02. The van der Waals surface area contributed by atoms with E-state index in [-0.39, 0.29) is 11.4 Å². The lowest BCUT2D eigenvalue weighted by Gasteiger charge is -2.16. The van der Waals surface area contributed by atoms with Gasteiger partial charge in [-0.1, -0.05) is 6.07 Å². The van der Waals surface area contributed by atoms with Crippen LogP contribution >= 0.6 is 11.8 Å². The Morgan fingerprint density at radius 1 is 1.19 bits per heavy atom. The van der Waals surface area contributed by atoms with Gasteiger partial charge in [-0.25, -0.2) is 8.42 Å². The van der Waals surface area contributed by atoms with E-state index in [0.717, 1.165) is 22.3 Å². The van der Waals surface area contributed by atoms with E-state index in [4.69, 9.17) is 0 Å². The van der Waals surface area contributed by atoms with Crippen LogP contribution in [0.4, 0.5) is 5.69 Å². The largest absolute Gasteiger partial charge is 0.324 e. The maximum absolute atomic E-state index is 12.7. The number of carbonyl (C=O) groups is 1. The zero-order chi connectivity index (χ0) is 19.4. The molecule has 1 saturated heterocycles. The summed E-state index contributed by atoms with van der Waals surface area (Å²) in [5.74, 6) is -0.397. The van der Waals surface area contributed by atoms with Gasteiger partial charge in [-0.2, -0.15) is 4.31 Å². The molecule has 0 saturated carbocycles. The molecule has 1 fully saturated rings. The first-order valence-corrected chi connectivity index (χ1v) is 11.2. The number of benzene rings is 1. The Morgan fingerprint density at radius 2 is 1.93 bits per heavy atom. The van der Waals surface area contributed by atoms with Gasteiger partial charge >= 0.3 is 0 Å². The van der Waals surface area contributed by atoms with Crippen LogP contribution in [0.25, 0.3) is 0 Å². The molecule has 0 atom stereocenters. The van der Waals surface area contributed by atoms with Crippen LogP contribution in [0.3, 0.4) is 0 Å². The van der Waals surface area contributed by atoms with Gasteiger partial charge in [0.2, 0.25) is 15.9 Å².